The van der Waals surface area contributed by atoms with Crippen LogP contribution in [0.2, 0.25) is 0 Å². The second-order valence-electron chi connectivity index (χ2n) is 2.02. The summed E-state index contributed by atoms with van der Waals surface area (Å²) in [4.78, 5) is 21.4. The Kier molecular flexibility index (Phi) is 2.16. The van der Waals surface area contributed by atoms with Crippen molar-refractivity contribution >= 4 is 24.4 Å². The van der Waals surface area contributed by atoms with E-state index in [1.807, 2.05) is 0 Å². The van der Waals surface area contributed by atoms with E-state index in [2.05, 4.69) is 23.3 Å². The van der Waals surface area contributed by atoms with E-state index in [1.54, 1.807) is 0 Å². The average Bonchev–Trinajstić information content (AvgIpc) is 1.94. The first-order valence-corrected chi connectivity index (χ1v) is 3.55. The normalized spacial score (nSPS) is 25.5. The van der Waals surface area contributed by atoms with Crippen LogP contribution in [0.15, 0.2) is 0 Å². The maximum absolute atomic E-state index is 10.8. The fourth-order valence-electron chi connectivity index (χ4n) is 0.730. The van der Waals surface area contributed by atoms with Gasteiger partial charge >= 0.3 is 0 Å². The molecule has 5 heteroatoms. The first kappa shape index (κ1) is 7.40. The minimum Gasteiger partial charge on any atom is -0.345 e. The summed E-state index contributed by atoms with van der Waals surface area (Å²) < 4.78 is 0. The highest BCUT2D eigenvalue weighted by Crippen LogP contribution is 1.91. The lowest BCUT2D eigenvalue weighted by Gasteiger charge is -2.20. The van der Waals surface area contributed by atoms with Crippen molar-refractivity contribution in [2.45, 2.75) is 6.04 Å². The van der Waals surface area contributed by atoms with Crippen molar-refractivity contribution in [3.05, 3.63) is 0 Å². The number of piperazine rings is 1. The van der Waals surface area contributed by atoms with Crippen LogP contribution >= 0.6 is 12.6 Å². The van der Waals surface area contributed by atoms with Crippen molar-refractivity contribution in [3.63, 3.8) is 0 Å². The molecule has 0 unspecified atom stereocenters. The Morgan fingerprint density at radius 1 is 1.60 bits per heavy atom. The average molecular weight is 160 g/mol. The van der Waals surface area contributed by atoms with E-state index >= 15 is 0 Å². The lowest BCUT2D eigenvalue weighted by atomic mass is 10.2. The van der Waals surface area contributed by atoms with Crippen molar-refractivity contribution in [1.82, 2.24) is 10.6 Å². The first-order valence-electron chi connectivity index (χ1n) is 2.92. The minimum atomic E-state index is -0.454. The molecule has 1 atom stereocenters. The Bertz CT molecular complexity index is 171. The van der Waals surface area contributed by atoms with E-state index in [4.69, 9.17) is 0 Å². The number of carbonyl (C=O) groups is 2. The van der Waals surface area contributed by atoms with E-state index in [0.717, 1.165) is 0 Å². The quantitative estimate of drug-likeness (QED) is 0.410. The molecule has 1 saturated heterocycles. The highest BCUT2D eigenvalue weighted by Gasteiger charge is 2.23. The zero-order valence-corrected chi connectivity index (χ0v) is 6.15. The maximum Gasteiger partial charge on any atom is 0.243 e. The molecular formula is C5H8N2O2S. The van der Waals surface area contributed by atoms with Gasteiger partial charge in [-0.2, -0.15) is 12.6 Å². The van der Waals surface area contributed by atoms with Crippen LogP contribution in [0.3, 0.4) is 0 Å². The third-order valence-electron chi connectivity index (χ3n) is 1.26. The second kappa shape index (κ2) is 2.92. The third kappa shape index (κ3) is 1.41. The van der Waals surface area contributed by atoms with E-state index < -0.39 is 6.04 Å². The molecule has 0 aliphatic carbocycles. The molecule has 0 spiro atoms. The van der Waals surface area contributed by atoms with Crippen LogP contribution in [0.4, 0.5) is 0 Å². The molecule has 2 N–H and O–H groups in total. The predicted octanol–water partition coefficient (Wildman–Crippen LogP) is -1.47. The van der Waals surface area contributed by atoms with Gasteiger partial charge in [0.2, 0.25) is 11.8 Å². The van der Waals surface area contributed by atoms with Crippen molar-refractivity contribution in [1.29, 1.82) is 0 Å². The van der Waals surface area contributed by atoms with Gasteiger partial charge in [-0.15, -0.1) is 0 Å². The highest BCUT2D eigenvalue weighted by atomic mass is 32.1. The molecule has 0 aromatic rings. The fraction of sp³-hybridized carbons (Fsp3) is 0.600. The Morgan fingerprint density at radius 2 is 2.30 bits per heavy atom. The molecule has 1 heterocycles. The van der Waals surface area contributed by atoms with Gasteiger partial charge in [-0.1, -0.05) is 0 Å². The zero-order chi connectivity index (χ0) is 7.56. The van der Waals surface area contributed by atoms with Gasteiger partial charge in [0.1, 0.15) is 6.04 Å². The fourth-order valence-corrected chi connectivity index (χ4v) is 0.987. The van der Waals surface area contributed by atoms with Crippen LogP contribution in [0.25, 0.3) is 0 Å². The van der Waals surface area contributed by atoms with Crippen LogP contribution in [0.5, 0.6) is 0 Å². The molecule has 0 saturated carbocycles. The molecule has 56 valence electrons. The minimum absolute atomic E-state index is 0.0864. The summed E-state index contributed by atoms with van der Waals surface area (Å²) in [7, 11) is 0. The predicted molar refractivity (Wildman–Crippen MR) is 38.8 cm³/mol. The van der Waals surface area contributed by atoms with Crippen LogP contribution in [0, 0.1) is 0 Å². The molecule has 0 aromatic carbocycles. The molecule has 1 aliphatic rings. The third-order valence-corrected chi connectivity index (χ3v) is 1.62. The Balaban J connectivity index is 2.53. The van der Waals surface area contributed by atoms with Crippen molar-refractivity contribution in [2.24, 2.45) is 0 Å². The van der Waals surface area contributed by atoms with Gasteiger partial charge < -0.3 is 10.6 Å². The van der Waals surface area contributed by atoms with E-state index in [1.165, 1.54) is 0 Å². The number of hydrogen-bond acceptors (Lipinski definition) is 3. The van der Waals surface area contributed by atoms with Crippen molar-refractivity contribution in [2.75, 3.05) is 12.3 Å². The molecule has 0 radical (unpaired) electrons. The standard InChI is InChI=1S/C5H8N2O2S/c8-4-1-6-5(9)3(2-10)7-4/h3,10H,1-2H2,(H,6,9)(H,7,8)/t3-/m0/s1. The van der Waals surface area contributed by atoms with Crippen molar-refractivity contribution < 1.29 is 9.59 Å². The number of hydrogen-bond donors (Lipinski definition) is 3. The number of rotatable bonds is 1. The molecular weight excluding hydrogens is 152 g/mol. The van der Waals surface area contributed by atoms with E-state index in [9.17, 15) is 9.59 Å². The lowest BCUT2D eigenvalue weighted by Crippen LogP contribution is -2.56. The topological polar surface area (TPSA) is 58.2 Å². The van der Waals surface area contributed by atoms with Crippen LogP contribution in [0.1, 0.15) is 0 Å². The Hall–Kier alpha value is -0.710. The first-order chi connectivity index (χ1) is 4.74. The summed E-state index contributed by atoms with van der Waals surface area (Å²) in [5.41, 5.74) is 0. The van der Waals surface area contributed by atoms with Crippen molar-refractivity contribution in [3.8, 4) is 0 Å². The maximum atomic E-state index is 10.8. The molecule has 4 nitrogen and oxygen atoms in total. The number of thiol groups is 1. The summed E-state index contributed by atoms with van der Waals surface area (Å²) in [6, 6.07) is -0.454. The lowest BCUT2D eigenvalue weighted by molar-refractivity contribution is -0.133. The number of amides is 2. The smallest absolute Gasteiger partial charge is 0.243 e. The van der Waals surface area contributed by atoms with Gasteiger partial charge in [0.15, 0.2) is 0 Å². The van der Waals surface area contributed by atoms with Gasteiger partial charge in [0.05, 0.1) is 6.54 Å². The summed E-state index contributed by atoms with van der Waals surface area (Å²) in [6.07, 6.45) is 0. The van der Waals surface area contributed by atoms with Crippen LogP contribution < -0.4 is 10.6 Å². The van der Waals surface area contributed by atoms with Crippen LogP contribution in [-0.4, -0.2) is 30.2 Å². The molecule has 0 bridgehead atoms. The summed E-state index contributed by atoms with van der Waals surface area (Å²) in [5.74, 6) is 0.0330. The van der Waals surface area contributed by atoms with E-state index in [0.29, 0.717) is 5.75 Å². The van der Waals surface area contributed by atoms with Gasteiger partial charge in [0, 0.05) is 5.75 Å². The van der Waals surface area contributed by atoms with Crippen LogP contribution in [-0.2, 0) is 9.59 Å². The molecule has 1 fully saturated rings. The summed E-state index contributed by atoms with van der Waals surface area (Å²) in [5, 5.41) is 4.92. The number of nitrogens with one attached hydrogen (secondary N) is 2. The van der Waals surface area contributed by atoms with Gasteiger partial charge in [0.25, 0.3) is 0 Å². The SMILES string of the molecule is O=C1CNC(=O)[C@H](CS)N1. The molecule has 0 aromatic heterocycles. The summed E-state index contributed by atoms with van der Waals surface area (Å²) >= 11 is 3.89. The second-order valence-corrected chi connectivity index (χ2v) is 2.39. The van der Waals surface area contributed by atoms with E-state index in [-0.39, 0.29) is 18.4 Å². The molecule has 10 heavy (non-hydrogen) atoms. The summed E-state index contributed by atoms with van der Waals surface area (Å²) in [6.45, 7) is 0.0864. The Labute approximate surface area is 63.8 Å². The molecule has 2 amide bonds. The van der Waals surface area contributed by atoms with Gasteiger partial charge in [-0.3, -0.25) is 9.59 Å². The largest absolute Gasteiger partial charge is 0.345 e. The monoisotopic (exact) mass is 160 g/mol. The van der Waals surface area contributed by atoms with Gasteiger partial charge in [-0.05, 0) is 0 Å². The Morgan fingerprint density at radius 3 is 2.80 bits per heavy atom. The zero-order valence-electron chi connectivity index (χ0n) is 5.26. The van der Waals surface area contributed by atoms with Gasteiger partial charge in [-0.25, -0.2) is 0 Å². The molecule has 1 rings (SSSR count). The molecule has 1 aliphatic heterocycles. The number of carbonyl (C=O) groups excluding carboxylic acids is 2. The highest BCUT2D eigenvalue weighted by molar-refractivity contribution is 7.80.